The number of amides is 1. The summed E-state index contributed by atoms with van der Waals surface area (Å²) in [6.45, 7) is 1.59. The smallest absolute Gasteiger partial charge is 0.227 e. The minimum Gasteiger partial charge on any atom is -0.464 e. The average Bonchev–Trinajstić information content (AvgIpc) is 3.06. The fraction of sp³-hybridized carbons (Fsp3) is 0.429. The molecule has 1 aliphatic rings. The Labute approximate surface area is 111 Å². The SMILES string of the molecule is CN(C)C(=O)C1CCN(c2nccc3occc23)C1. The van der Waals surface area contributed by atoms with E-state index in [2.05, 4.69) is 9.88 Å². The third-order valence-electron chi connectivity index (χ3n) is 3.64. The fourth-order valence-electron chi connectivity index (χ4n) is 2.65. The maximum atomic E-state index is 12.0. The standard InChI is InChI=1S/C14H17N3O2/c1-16(2)14(18)10-4-7-17(9-10)13-11-5-8-19-12(11)3-6-15-13/h3,5-6,8,10H,4,7,9H2,1-2H3. The van der Waals surface area contributed by atoms with Crippen LogP contribution in [0.15, 0.2) is 29.0 Å². The molecule has 19 heavy (non-hydrogen) atoms. The molecule has 2 aromatic heterocycles. The van der Waals surface area contributed by atoms with Gasteiger partial charge in [0, 0.05) is 33.4 Å². The maximum Gasteiger partial charge on any atom is 0.227 e. The van der Waals surface area contributed by atoms with E-state index in [1.54, 1.807) is 31.5 Å². The highest BCUT2D eigenvalue weighted by molar-refractivity contribution is 5.89. The third kappa shape index (κ3) is 2.05. The molecule has 3 heterocycles. The number of rotatable bonds is 2. The van der Waals surface area contributed by atoms with Crippen molar-refractivity contribution in [3.63, 3.8) is 0 Å². The molecule has 0 radical (unpaired) electrons. The molecule has 1 saturated heterocycles. The molecule has 100 valence electrons. The molecule has 0 saturated carbocycles. The molecule has 1 fully saturated rings. The molecule has 5 nitrogen and oxygen atoms in total. The Morgan fingerprint density at radius 3 is 3.11 bits per heavy atom. The highest BCUT2D eigenvalue weighted by Gasteiger charge is 2.30. The zero-order valence-electron chi connectivity index (χ0n) is 11.2. The van der Waals surface area contributed by atoms with E-state index in [1.165, 1.54) is 0 Å². The van der Waals surface area contributed by atoms with E-state index in [1.807, 2.05) is 12.1 Å². The summed E-state index contributed by atoms with van der Waals surface area (Å²) in [5.41, 5.74) is 0.840. The van der Waals surface area contributed by atoms with Gasteiger partial charge in [-0.05, 0) is 18.6 Å². The largest absolute Gasteiger partial charge is 0.464 e. The van der Waals surface area contributed by atoms with Gasteiger partial charge in [0.15, 0.2) is 0 Å². The Balaban J connectivity index is 1.85. The number of hydrogen-bond acceptors (Lipinski definition) is 4. The number of furan rings is 1. The van der Waals surface area contributed by atoms with Gasteiger partial charge in [-0.1, -0.05) is 0 Å². The Morgan fingerprint density at radius 2 is 2.32 bits per heavy atom. The first-order valence-corrected chi connectivity index (χ1v) is 6.45. The minimum atomic E-state index is 0.0685. The lowest BCUT2D eigenvalue weighted by Crippen LogP contribution is -2.32. The second kappa shape index (κ2) is 4.57. The van der Waals surface area contributed by atoms with Crippen LogP contribution in [-0.2, 0) is 4.79 Å². The van der Waals surface area contributed by atoms with Crippen molar-refractivity contribution in [3.8, 4) is 0 Å². The molecule has 2 aromatic rings. The lowest BCUT2D eigenvalue weighted by molar-refractivity contribution is -0.132. The monoisotopic (exact) mass is 259 g/mol. The highest BCUT2D eigenvalue weighted by atomic mass is 16.3. The van der Waals surface area contributed by atoms with Gasteiger partial charge in [0.2, 0.25) is 5.91 Å². The van der Waals surface area contributed by atoms with Crippen LogP contribution in [-0.4, -0.2) is 43.0 Å². The van der Waals surface area contributed by atoms with Crippen LogP contribution in [0.3, 0.4) is 0 Å². The average molecular weight is 259 g/mol. The number of anilines is 1. The van der Waals surface area contributed by atoms with Crippen LogP contribution in [0.2, 0.25) is 0 Å². The van der Waals surface area contributed by atoms with Crippen molar-refractivity contribution in [1.82, 2.24) is 9.88 Å². The molecule has 1 amide bonds. The number of pyridine rings is 1. The fourth-order valence-corrected chi connectivity index (χ4v) is 2.65. The second-order valence-electron chi connectivity index (χ2n) is 5.13. The number of aromatic nitrogens is 1. The van der Waals surface area contributed by atoms with Crippen molar-refractivity contribution >= 4 is 22.7 Å². The van der Waals surface area contributed by atoms with Crippen molar-refractivity contribution in [2.75, 3.05) is 32.1 Å². The van der Waals surface area contributed by atoms with E-state index in [0.29, 0.717) is 0 Å². The lowest BCUT2D eigenvalue weighted by Gasteiger charge is -2.19. The van der Waals surface area contributed by atoms with Gasteiger partial charge in [0.25, 0.3) is 0 Å². The summed E-state index contributed by atoms with van der Waals surface area (Å²) in [7, 11) is 3.61. The van der Waals surface area contributed by atoms with Gasteiger partial charge in [-0.3, -0.25) is 4.79 Å². The summed E-state index contributed by atoms with van der Waals surface area (Å²) in [5, 5.41) is 1.01. The van der Waals surface area contributed by atoms with E-state index >= 15 is 0 Å². The number of carbonyl (C=O) groups is 1. The predicted molar refractivity (Wildman–Crippen MR) is 73.0 cm³/mol. The minimum absolute atomic E-state index is 0.0685. The lowest BCUT2D eigenvalue weighted by atomic mass is 10.1. The molecular weight excluding hydrogens is 242 g/mol. The van der Waals surface area contributed by atoms with Crippen molar-refractivity contribution in [2.45, 2.75) is 6.42 Å². The first-order chi connectivity index (χ1) is 9.16. The second-order valence-corrected chi connectivity index (χ2v) is 5.13. The Kier molecular flexibility index (Phi) is 2.89. The van der Waals surface area contributed by atoms with Crippen LogP contribution in [0, 0.1) is 5.92 Å². The van der Waals surface area contributed by atoms with Gasteiger partial charge >= 0.3 is 0 Å². The van der Waals surface area contributed by atoms with E-state index in [4.69, 9.17) is 4.42 Å². The summed E-state index contributed by atoms with van der Waals surface area (Å²) >= 11 is 0. The van der Waals surface area contributed by atoms with Crippen LogP contribution in [0.25, 0.3) is 11.0 Å². The summed E-state index contributed by atoms with van der Waals surface area (Å²) < 4.78 is 5.39. The van der Waals surface area contributed by atoms with Gasteiger partial charge in [0.1, 0.15) is 11.4 Å². The van der Waals surface area contributed by atoms with Crippen molar-refractivity contribution < 1.29 is 9.21 Å². The number of fused-ring (bicyclic) bond motifs is 1. The third-order valence-corrected chi connectivity index (χ3v) is 3.64. The molecule has 1 atom stereocenters. The first-order valence-electron chi connectivity index (χ1n) is 6.45. The maximum absolute atomic E-state index is 12.0. The van der Waals surface area contributed by atoms with Crippen LogP contribution in [0.4, 0.5) is 5.82 Å². The molecule has 0 aromatic carbocycles. The van der Waals surface area contributed by atoms with Crippen LogP contribution < -0.4 is 4.90 Å². The Morgan fingerprint density at radius 1 is 1.47 bits per heavy atom. The van der Waals surface area contributed by atoms with Crippen molar-refractivity contribution in [1.29, 1.82) is 0 Å². The molecule has 5 heteroatoms. The van der Waals surface area contributed by atoms with Gasteiger partial charge in [-0.25, -0.2) is 4.98 Å². The van der Waals surface area contributed by atoms with E-state index < -0.39 is 0 Å². The molecule has 0 bridgehead atoms. The number of carbonyl (C=O) groups excluding carboxylic acids is 1. The highest BCUT2D eigenvalue weighted by Crippen LogP contribution is 2.29. The molecular formula is C14H17N3O2. The zero-order chi connectivity index (χ0) is 13.4. The van der Waals surface area contributed by atoms with Gasteiger partial charge < -0.3 is 14.2 Å². The van der Waals surface area contributed by atoms with E-state index in [-0.39, 0.29) is 11.8 Å². The zero-order valence-corrected chi connectivity index (χ0v) is 11.2. The van der Waals surface area contributed by atoms with Crippen molar-refractivity contribution in [3.05, 3.63) is 24.6 Å². The normalized spacial score (nSPS) is 19.1. The van der Waals surface area contributed by atoms with Gasteiger partial charge in [-0.2, -0.15) is 0 Å². The van der Waals surface area contributed by atoms with E-state index in [9.17, 15) is 4.79 Å². The molecule has 0 spiro atoms. The summed E-state index contributed by atoms with van der Waals surface area (Å²) in [6.07, 6.45) is 4.31. The van der Waals surface area contributed by atoms with Crippen LogP contribution >= 0.6 is 0 Å². The molecule has 0 N–H and O–H groups in total. The molecule has 1 unspecified atom stereocenters. The Hall–Kier alpha value is -2.04. The number of hydrogen-bond donors (Lipinski definition) is 0. The quantitative estimate of drug-likeness (QED) is 0.824. The first kappa shape index (κ1) is 12.0. The van der Waals surface area contributed by atoms with E-state index in [0.717, 1.165) is 36.3 Å². The van der Waals surface area contributed by atoms with Crippen molar-refractivity contribution in [2.24, 2.45) is 5.92 Å². The predicted octanol–water partition coefficient (Wildman–Crippen LogP) is 1.74. The number of nitrogens with zero attached hydrogens (tertiary/aromatic N) is 3. The molecule has 0 aliphatic carbocycles. The Bertz CT molecular complexity index is 606. The van der Waals surface area contributed by atoms with Gasteiger partial charge in [0.05, 0.1) is 17.6 Å². The summed E-state index contributed by atoms with van der Waals surface area (Å²) in [4.78, 5) is 20.3. The summed E-state index contributed by atoms with van der Waals surface area (Å²) in [6, 6.07) is 3.79. The van der Waals surface area contributed by atoms with Crippen LogP contribution in [0.1, 0.15) is 6.42 Å². The molecule has 1 aliphatic heterocycles. The van der Waals surface area contributed by atoms with Gasteiger partial charge in [-0.15, -0.1) is 0 Å². The molecule has 3 rings (SSSR count). The van der Waals surface area contributed by atoms with Crippen LogP contribution in [0.5, 0.6) is 0 Å². The topological polar surface area (TPSA) is 49.6 Å². The summed E-state index contributed by atoms with van der Waals surface area (Å²) in [5.74, 6) is 1.18.